The zero-order valence-electron chi connectivity index (χ0n) is 29.9. The summed E-state index contributed by atoms with van der Waals surface area (Å²) in [5.41, 5.74) is 5.72. The van der Waals surface area contributed by atoms with E-state index in [0.717, 1.165) is 35.3 Å². The lowest BCUT2D eigenvalue weighted by molar-refractivity contribution is 0.375. The van der Waals surface area contributed by atoms with Gasteiger partial charge >= 0.3 is 0 Å². The van der Waals surface area contributed by atoms with Gasteiger partial charge in [0.2, 0.25) is 0 Å². The molecule has 2 aliphatic rings. The summed E-state index contributed by atoms with van der Waals surface area (Å²) in [5.74, 6) is 1.52. The van der Waals surface area contributed by atoms with Crippen LogP contribution in [-0.2, 0) is 23.6 Å². The largest absolute Gasteiger partial charge is 0.482 e. The van der Waals surface area contributed by atoms with Gasteiger partial charge in [-0.25, -0.2) is 0 Å². The molecule has 6 rings (SSSR count). The molecule has 0 N–H and O–H groups in total. The second-order valence-electron chi connectivity index (χ2n) is 9.87. The van der Waals surface area contributed by atoms with Crippen LogP contribution in [0.5, 0.6) is 5.88 Å². The maximum atomic E-state index is 5.61. The third-order valence-electron chi connectivity index (χ3n) is 7.21. The van der Waals surface area contributed by atoms with Crippen LogP contribution in [0, 0.1) is 0 Å². The average Bonchev–Trinajstić information content (AvgIpc) is 3.88. The Morgan fingerprint density at radius 2 is 1.18 bits per heavy atom. The van der Waals surface area contributed by atoms with Gasteiger partial charge in [0.05, 0.1) is 12.8 Å². The lowest BCUT2D eigenvalue weighted by Crippen LogP contribution is -2.26. The molecule has 2 aromatic carbocycles. The van der Waals surface area contributed by atoms with E-state index >= 15 is 0 Å². The standard InChI is InChI=1S/C17H16N2OS2.C12H13NO.C5H7NOS2.2C2H6.CH4/c1-3-19-16(21)15(20-17(19)22)11-13-9-10-14(18(13)2)12-7-5-4-6-8-12;1-13-11(8-9-12(13)14-2)10-6-4-3-5-7-10;1-2-6-4(8)3-7-5(6)9;2*1-2;/h4-11H,3H2,1-2H3;3-9H,1-2H3;2-3H2,1H3;2*1-2H3;1H4/b15-11-;;;;;. The van der Waals surface area contributed by atoms with Crippen molar-refractivity contribution in [2.45, 2.75) is 49.0 Å². The van der Waals surface area contributed by atoms with E-state index < -0.39 is 0 Å². The van der Waals surface area contributed by atoms with Crippen molar-refractivity contribution in [1.82, 2.24) is 18.9 Å². The van der Waals surface area contributed by atoms with Gasteiger partial charge in [0, 0.05) is 50.7 Å². The minimum absolute atomic E-state index is 0. The molecule has 11 heteroatoms. The summed E-state index contributed by atoms with van der Waals surface area (Å²) in [7, 11) is 5.72. The molecule has 7 nitrogen and oxygen atoms in total. The predicted molar refractivity (Wildman–Crippen MR) is 228 cm³/mol. The fourth-order valence-corrected chi connectivity index (χ4v) is 6.07. The van der Waals surface area contributed by atoms with Crippen molar-refractivity contribution in [1.29, 1.82) is 0 Å². The van der Waals surface area contributed by atoms with Crippen LogP contribution in [0.2, 0.25) is 0 Å². The number of benzene rings is 2. The van der Waals surface area contributed by atoms with E-state index in [9.17, 15) is 0 Å². The quantitative estimate of drug-likeness (QED) is 0.141. The first-order valence-corrected chi connectivity index (χ1v) is 18.0. The zero-order valence-corrected chi connectivity index (χ0v) is 33.2. The van der Waals surface area contributed by atoms with Crippen molar-refractivity contribution in [3.8, 4) is 28.4 Å². The number of nitrogens with zero attached hydrogens (tertiary/aromatic N) is 4. The molecule has 2 aromatic heterocycles. The summed E-state index contributed by atoms with van der Waals surface area (Å²) < 4.78 is 20.0. The second-order valence-corrected chi connectivity index (χ2v) is 11.4. The summed E-state index contributed by atoms with van der Waals surface area (Å²) in [6.45, 7) is 14.0. The minimum Gasteiger partial charge on any atom is -0.482 e. The van der Waals surface area contributed by atoms with Gasteiger partial charge in [-0.3, -0.25) is 9.80 Å². The molecule has 0 spiro atoms. The van der Waals surface area contributed by atoms with Crippen LogP contribution in [0.1, 0.15) is 54.7 Å². The van der Waals surface area contributed by atoms with E-state index in [1.165, 1.54) is 16.8 Å². The molecule has 270 valence electrons. The smallest absolute Gasteiger partial charge is 0.270 e. The maximum Gasteiger partial charge on any atom is 0.270 e. The fraction of sp³-hybridized carbons (Fsp3) is 0.333. The number of likely N-dealkylation sites (N-methyl/N-ethyl adjacent to an activating group) is 2. The van der Waals surface area contributed by atoms with Crippen LogP contribution in [0.15, 0.2) is 90.7 Å². The van der Waals surface area contributed by atoms with Crippen LogP contribution < -0.4 is 4.74 Å². The molecular formula is C39H52N4O3S4. The fourth-order valence-electron chi connectivity index (χ4n) is 4.76. The predicted octanol–water partition coefficient (Wildman–Crippen LogP) is 10.3. The number of hydrogen-bond acceptors (Lipinski definition) is 7. The van der Waals surface area contributed by atoms with E-state index in [4.69, 9.17) is 63.1 Å². The van der Waals surface area contributed by atoms with E-state index in [-0.39, 0.29) is 7.43 Å². The summed E-state index contributed by atoms with van der Waals surface area (Å²) in [4.78, 5) is 5.07. The molecule has 0 amide bonds. The maximum absolute atomic E-state index is 5.61. The molecule has 4 aromatic rings. The van der Waals surface area contributed by atoms with Crippen LogP contribution in [0.4, 0.5) is 0 Å². The molecular weight excluding hydrogens is 701 g/mol. The molecule has 0 radical (unpaired) electrons. The molecule has 2 saturated heterocycles. The Kier molecular flexibility index (Phi) is 20.1. The molecule has 0 saturated carbocycles. The molecule has 50 heavy (non-hydrogen) atoms. The van der Waals surface area contributed by atoms with E-state index in [2.05, 4.69) is 47.0 Å². The van der Waals surface area contributed by atoms with E-state index in [0.29, 0.717) is 27.7 Å². The van der Waals surface area contributed by atoms with Gasteiger partial charge in [-0.15, -0.1) is 0 Å². The normalized spacial score (nSPS) is 13.7. The van der Waals surface area contributed by atoms with Crippen molar-refractivity contribution >= 4 is 75.3 Å². The Morgan fingerprint density at radius 1 is 0.680 bits per heavy atom. The Hall–Kier alpha value is -3.90. The first-order chi connectivity index (χ1) is 23.7. The highest BCUT2D eigenvalue weighted by molar-refractivity contribution is 7.82. The number of aromatic nitrogens is 2. The summed E-state index contributed by atoms with van der Waals surface area (Å²) in [6.07, 6.45) is 1.94. The first kappa shape index (κ1) is 44.1. The van der Waals surface area contributed by atoms with Gasteiger partial charge in [-0.05, 0) is 67.6 Å². The first-order valence-electron chi connectivity index (χ1n) is 16.4. The van der Waals surface area contributed by atoms with Gasteiger partial charge in [-0.2, -0.15) is 0 Å². The molecule has 0 aliphatic carbocycles. The van der Waals surface area contributed by atoms with Crippen LogP contribution >= 0.6 is 48.9 Å². The molecule has 0 bridgehead atoms. The number of hydrogen-bond donors (Lipinski definition) is 0. The Bertz CT molecular complexity index is 1680. The Labute approximate surface area is 321 Å². The van der Waals surface area contributed by atoms with Gasteiger partial charge in [0.1, 0.15) is 11.6 Å². The highest BCUT2D eigenvalue weighted by atomic mass is 32.1. The van der Waals surface area contributed by atoms with Crippen molar-refractivity contribution in [2.24, 2.45) is 14.1 Å². The van der Waals surface area contributed by atoms with Gasteiger partial charge in [-0.1, -0.05) is 120 Å². The Balaban J connectivity index is 0.000000384. The average molecular weight is 753 g/mol. The third-order valence-corrected chi connectivity index (χ3v) is 8.61. The topological polar surface area (TPSA) is 44.0 Å². The summed E-state index contributed by atoms with van der Waals surface area (Å²) in [5, 5.41) is 0.943. The molecule has 2 fully saturated rings. The van der Waals surface area contributed by atoms with Crippen LogP contribution in [0.3, 0.4) is 0 Å². The number of rotatable bonds is 6. The number of thiocarbonyl (C=S) groups is 4. The van der Waals surface area contributed by atoms with Gasteiger partial charge in [0.15, 0.2) is 16.6 Å². The van der Waals surface area contributed by atoms with E-state index in [1.807, 2.05) is 119 Å². The van der Waals surface area contributed by atoms with E-state index in [1.54, 1.807) is 7.11 Å². The number of ether oxygens (including phenoxy) is 3. The van der Waals surface area contributed by atoms with Crippen molar-refractivity contribution < 1.29 is 14.2 Å². The van der Waals surface area contributed by atoms with Crippen molar-refractivity contribution in [3.05, 3.63) is 96.4 Å². The summed E-state index contributed by atoms with van der Waals surface area (Å²) in [6, 6.07) is 28.7. The molecule has 4 heterocycles. The highest BCUT2D eigenvalue weighted by Crippen LogP contribution is 2.26. The van der Waals surface area contributed by atoms with Crippen LogP contribution in [0.25, 0.3) is 28.6 Å². The molecule has 0 unspecified atom stereocenters. The zero-order chi connectivity index (χ0) is 36.5. The highest BCUT2D eigenvalue weighted by Gasteiger charge is 2.28. The van der Waals surface area contributed by atoms with Gasteiger partial charge in [0.25, 0.3) is 10.3 Å². The van der Waals surface area contributed by atoms with Crippen LogP contribution in [-0.4, -0.2) is 66.1 Å². The lowest BCUT2D eigenvalue weighted by Gasteiger charge is -2.09. The van der Waals surface area contributed by atoms with Crippen molar-refractivity contribution in [3.63, 3.8) is 0 Å². The SMILES string of the molecule is C.CC.CC.CCN1C(=S)COC1=S.CCN1C(=S)O/C(=C\c2ccc(-c3ccccc3)n2C)C1=S.COc1ccc(-c2ccccc2)n1C. The van der Waals surface area contributed by atoms with Gasteiger partial charge < -0.3 is 23.3 Å². The third kappa shape index (κ3) is 11.3. The number of methoxy groups -OCH3 is 1. The minimum atomic E-state index is 0. The monoisotopic (exact) mass is 752 g/mol. The second kappa shape index (κ2) is 22.7. The summed E-state index contributed by atoms with van der Waals surface area (Å²) >= 11 is 20.4. The Morgan fingerprint density at radius 3 is 1.58 bits per heavy atom. The molecule has 0 atom stereocenters. The molecule has 2 aliphatic heterocycles. The van der Waals surface area contributed by atoms with Crippen molar-refractivity contribution in [2.75, 3.05) is 26.8 Å². The lowest BCUT2D eigenvalue weighted by atomic mass is 10.2.